The molecule has 2 heterocycles. The van der Waals surface area contributed by atoms with Gasteiger partial charge in [-0.15, -0.1) is 24.0 Å². The van der Waals surface area contributed by atoms with Crippen LogP contribution >= 0.6 is 24.0 Å². The van der Waals surface area contributed by atoms with Gasteiger partial charge in [0, 0.05) is 44.5 Å². The second-order valence-electron chi connectivity index (χ2n) is 7.94. The van der Waals surface area contributed by atoms with Crippen LogP contribution in [-0.2, 0) is 6.54 Å². The molecular weight excluding hydrogens is 475 g/mol. The molecular formula is C22H35IN6. The number of likely N-dealkylation sites (tertiary alicyclic amines) is 1. The lowest BCUT2D eigenvalue weighted by Crippen LogP contribution is -2.49. The molecule has 160 valence electrons. The molecule has 1 aromatic carbocycles. The highest BCUT2D eigenvalue weighted by atomic mass is 127. The van der Waals surface area contributed by atoms with Crippen molar-refractivity contribution < 1.29 is 0 Å². The Balaban J connectivity index is 0.00000300. The molecule has 0 radical (unpaired) electrons. The number of aryl methyl sites for hydroxylation is 2. The van der Waals surface area contributed by atoms with Crippen LogP contribution in [0.25, 0.3) is 5.69 Å². The molecule has 0 saturated carbocycles. The van der Waals surface area contributed by atoms with Crippen LogP contribution < -0.4 is 10.6 Å². The van der Waals surface area contributed by atoms with E-state index in [1.54, 1.807) is 0 Å². The number of benzene rings is 1. The van der Waals surface area contributed by atoms with Crippen LogP contribution in [0.1, 0.15) is 43.6 Å². The van der Waals surface area contributed by atoms with Crippen LogP contribution in [0.5, 0.6) is 0 Å². The van der Waals surface area contributed by atoms with Crippen molar-refractivity contribution >= 4 is 29.9 Å². The molecule has 0 unspecified atom stereocenters. The summed E-state index contributed by atoms with van der Waals surface area (Å²) in [5.74, 6) is 0.867. The Hall–Kier alpha value is -1.61. The molecule has 0 aliphatic carbocycles. The summed E-state index contributed by atoms with van der Waals surface area (Å²) in [6.45, 7) is 11.7. The van der Waals surface area contributed by atoms with Gasteiger partial charge in [0.25, 0.3) is 0 Å². The van der Waals surface area contributed by atoms with Gasteiger partial charge >= 0.3 is 0 Å². The van der Waals surface area contributed by atoms with Crippen molar-refractivity contribution in [2.75, 3.05) is 20.1 Å². The fraction of sp³-hybridized carbons (Fsp3) is 0.545. The number of hydrogen-bond acceptors (Lipinski definition) is 3. The van der Waals surface area contributed by atoms with Gasteiger partial charge in [0.05, 0.1) is 11.4 Å². The zero-order valence-electron chi connectivity index (χ0n) is 18.3. The molecule has 1 aliphatic heterocycles. The Morgan fingerprint density at radius 2 is 1.90 bits per heavy atom. The molecule has 2 aromatic rings. The molecule has 3 rings (SSSR count). The summed E-state index contributed by atoms with van der Waals surface area (Å²) in [5.41, 5.74) is 4.49. The highest BCUT2D eigenvalue weighted by Gasteiger charge is 2.21. The number of guanidine groups is 1. The van der Waals surface area contributed by atoms with E-state index in [2.05, 4.69) is 76.7 Å². The van der Waals surface area contributed by atoms with Crippen molar-refractivity contribution in [2.45, 2.75) is 59.2 Å². The van der Waals surface area contributed by atoms with Crippen LogP contribution in [0.15, 0.2) is 35.3 Å². The van der Waals surface area contributed by atoms with E-state index in [0.29, 0.717) is 18.6 Å². The average Bonchev–Trinajstić information content (AvgIpc) is 3.03. The molecule has 0 bridgehead atoms. The van der Waals surface area contributed by atoms with E-state index in [0.717, 1.165) is 49.0 Å². The number of hydrogen-bond donors (Lipinski definition) is 2. The van der Waals surface area contributed by atoms with Crippen LogP contribution in [-0.4, -0.2) is 52.9 Å². The van der Waals surface area contributed by atoms with Gasteiger partial charge in [-0.25, -0.2) is 4.68 Å². The maximum absolute atomic E-state index is 4.64. The van der Waals surface area contributed by atoms with E-state index < -0.39 is 0 Å². The highest BCUT2D eigenvalue weighted by molar-refractivity contribution is 14.0. The van der Waals surface area contributed by atoms with E-state index >= 15 is 0 Å². The molecule has 2 N–H and O–H groups in total. The highest BCUT2D eigenvalue weighted by Crippen LogP contribution is 2.17. The zero-order valence-corrected chi connectivity index (χ0v) is 20.6. The SMILES string of the molecule is CN=C(NCc1ccccc1-n1nc(C)cc1C)NC1CCN(C(C)C)CC1.I. The maximum Gasteiger partial charge on any atom is 0.191 e. The van der Waals surface area contributed by atoms with Gasteiger partial charge in [-0.2, -0.15) is 5.10 Å². The third-order valence-electron chi connectivity index (χ3n) is 5.50. The second-order valence-corrected chi connectivity index (χ2v) is 7.94. The Kier molecular flexibility index (Phi) is 8.95. The van der Waals surface area contributed by atoms with Crippen LogP contribution in [0.2, 0.25) is 0 Å². The maximum atomic E-state index is 4.64. The second kappa shape index (κ2) is 11.0. The fourth-order valence-corrected chi connectivity index (χ4v) is 3.87. The standard InChI is InChI=1S/C22H34N6.HI/c1-16(2)27-12-10-20(11-13-27)25-22(23-5)24-15-19-8-6-7-9-21(19)28-18(4)14-17(3)26-28;/h6-9,14,16,20H,10-13,15H2,1-5H3,(H2,23,24,25);1H. The lowest BCUT2D eigenvalue weighted by molar-refractivity contribution is 0.167. The van der Waals surface area contributed by atoms with Crippen LogP contribution in [0, 0.1) is 13.8 Å². The minimum absolute atomic E-state index is 0. The Labute approximate surface area is 192 Å². The number of aromatic nitrogens is 2. The van der Waals surface area contributed by atoms with Crippen molar-refractivity contribution in [1.29, 1.82) is 0 Å². The van der Waals surface area contributed by atoms with Crippen LogP contribution in [0.4, 0.5) is 0 Å². The van der Waals surface area contributed by atoms with E-state index in [4.69, 9.17) is 0 Å². The number of rotatable bonds is 5. The van der Waals surface area contributed by atoms with Gasteiger partial charge in [0.2, 0.25) is 0 Å². The first-order chi connectivity index (χ1) is 13.5. The summed E-state index contributed by atoms with van der Waals surface area (Å²) in [5, 5.41) is 11.7. The Bertz CT molecular complexity index is 805. The van der Waals surface area contributed by atoms with E-state index in [-0.39, 0.29) is 24.0 Å². The molecule has 6 nitrogen and oxygen atoms in total. The summed E-state index contributed by atoms with van der Waals surface area (Å²) < 4.78 is 2.02. The molecule has 0 spiro atoms. The average molecular weight is 510 g/mol. The Morgan fingerprint density at radius 1 is 1.21 bits per heavy atom. The fourth-order valence-electron chi connectivity index (χ4n) is 3.87. The number of halogens is 1. The molecule has 1 aliphatic rings. The monoisotopic (exact) mass is 510 g/mol. The van der Waals surface area contributed by atoms with Crippen molar-refractivity contribution in [3.05, 3.63) is 47.3 Å². The molecule has 7 heteroatoms. The summed E-state index contributed by atoms with van der Waals surface area (Å²) in [4.78, 5) is 6.97. The minimum atomic E-state index is 0. The summed E-state index contributed by atoms with van der Waals surface area (Å²) >= 11 is 0. The number of piperidine rings is 1. The third kappa shape index (κ3) is 6.18. The van der Waals surface area contributed by atoms with Gasteiger partial charge in [0.15, 0.2) is 5.96 Å². The van der Waals surface area contributed by atoms with Gasteiger partial charge in [0.1, 0.15) is 0 Å². The van der Waals surface area contributed by atoms with Crippen molar-refractivity contribution in [3.63, 3.8) is 0 Å². The van der Waals surface area contributed by atoms with Gasteiger partial charge < -0.3 is 15.5 Å². The minimum Gasteiger partial charge on any atom is -0.354 e. The quantitative estimate of drug-likeness (QED) is 0.367. The number of aliphatic imine (C=N–C) groups is 1. The van der Waals surface area contributed by atoms with Crippen molar-refractivity contribution in [2.24, 2.45) is 4.99 Å². The first kappa shape index (κ1) is 23.7. The van der Waals surface area contributed by atoms with Gasteiger partial charge in [-0.05, 0) is 58.2 Å². The van der Waals surface area contributed by atoms with E-state index in [9.17, 15) is 0 Å². The number of nitrogens with zero attached hydrogens (tertiary/aromatic N) is 4. The largest absolute Gasteiger partial charge is 0.354 e. The summed E-state index contributed by atoms with van der Waals surface area (Å²) in [6, 6.07) is 11.6. The van der Waals surface area contributed by atoms with Crippen molar-refractivity contribution in [1.82, 2.24) is 25.3 Å². The lowest BCUT2D eigenvalue weighted by Gasteiger charge is -2.35. The van der Waals surface area contributed by atoms with Gasteiger partial charge in [-0.3, -0.25) is 4.99 Å². The third-order valence-corrected chi connectivity index (χ3v) is 5.50. The lowest BCUT2D eigenvalue weighted by atomic mass is 10.0. The van der Waals surface area contributed by atoms with Gasteiger partial charge in [-0.1, -0.05) is 18.2 Å². The predicted octanol–water partition coefficient (Wildman–Crippen LogP) is 3.64. The smallest absolute Gasteiger partial charge is 0.191 e. The molecule has 1 aromatic heterocycles. The number of para-hydroxylation sites is 1. The first-order valence-corrected chi connectivity index (χ1v) is 10.3. The molecule has 0 atom stereocenters. The predicted molar refractivity (Wildman–Crippen MR) is 132 cm³/mol. The van der Waals surface area contributed by atoms with E-state index in [1.807, 2.05) is 18.7 Å². The molecule has 29 heavy (non-hydrogen) atoms. The number of nitrogens with one attached hydrogen (secondary N) is 2. The molecule has 0 amide bonds. The zero-order chi connectivity index (χ0) is 20.1. The summed E-state index contributed by atoms with van der Waals surface area (Å²) in [7, 11) is 1.84. The van der Waals surface area contributed by atoms with Crippen molar-refractivity contribution in [3.8, 4) is 5.69 Å². The summed E-state index contributed by atoms with van der Waals surface area (Å²) in [6.07, 6.45) is 2.31. The first-order valence-electron chi connectivity index (χ1n) is 10.3. The van der Waals surface area contributed by atoms with Crippen LogP contribution in [0.3, 0.4) is 0 Å². The normalized spacial score (nSPS) is 16.0. The topological polar surface area (TPSA) is 57.5 Å². The Morgan fingerprint density at radius 3 is 2.48 bits per heavy atom. The van der Waals surface area contributed by atoms with E-state index in [1.165, 1.54) is 5.56 Å². The molecule has 1 saturated heterocycles. The molecule has 1 fully saturated rings.